The standard InChI is InChI=1S/C33H41NO5/c1-33(2,3)39-32(36)34(24-27-19-21-29(22-20-27)31(35)37-4)25-30(28-17-11-6-12-18-28)38-23-13-7-10-16-26-14-8-5-9-15-26/h5-6,8-9,11-12,14-15,17-22,30H,7,10,13,16,23-25H2,1-4H3. The van der Waals surface area contributed by atoms with Crippen LogP contribution in [0.3, 0.4) is 0 Å². The quantitative estimate of drug-likeness (QED) is 0.170. The van der Waals surface area contributed by atoms with E-state index in [9.17, 15) is 9.59 Å². The van der Waals surface area contributed by atoms with Gasteiger partial charge in [-0.25, -0.2) is 9.59 Å². The largest absolute Gasteiger partial charge is 0.465 e. The van der Waals surface area contributed by atoms with Crippen molar-refractivity contribution < 1.29 is 23.8 Å². The van der Waals surface area contributed by atoms with Crippen LogP contribution in [0, 0.1) is 0 Å². The molecule has 0 radical (unpaired) electrons. The molecule has 6 heteroatoms. The summed E-state index contributed by atoms with van der Waals surface area (Å²) in [5.41, 5.74) is 3.07. The third-order valence-corrected chi connectivity index (χ3v) is 6.23. The SMILES string of the molecule is COC(=O)c1ccc(CN(CC(OCCCCCc2ccccc2)c2ccccc2)C(=O)OC(C)(C)C)cc1. The zero-order chi connectivity index (χ0) is 28.1. The fraction of sp³-hybridized carbons (Fsp3) is 0.394. The Morgan fingerprint density at radius 2 is 1.44 bits per heavy atom. The van der Waals surface area contributed by atoms with Crippen LogP contribution in [-0.2, 0) is 27.2 Å². The molecule has 3 aromatic rings. The fourth-order valence-electron chi connectivity index (χ4n) is 4.22. The molecule has 0 bridgehead atoms. The van der Waals surface area contributed by atoms with Gasteiger partial charge >= 0.3 is 12.1 Å². The third kappa shape index (κ3) is 10.6. The van der Waals surface area contributed by atoms with Crippen molar-refractivity contribution in [3.8, 4) is 0 Å². The van der Waals surface area contributed by atoms with Crippen LogP contribution in [0.1, 0.15) is 73.2 Å². The lowest BCUT2D eigenvalue weighted by Gasteiger charge is -2.30. The molecule has 0 saturated heterocycles. The van der Waals surface area contributed by atoms with Crippen LogP contribution < -0.4 is 0 Å². The Balaban J connectivity index is 1.67. The van der Waals surface area contributed by atoms with Gasteiger partial charge in [-0.3, -0.25) is 0 Å². The lowest BCUT2D eigenvalue weighted by molar-refractivity contribution is -0.00623. The third-order valence-electron chi connectivity index (χ3n) is 6.23. The van der Waals surface area contributed by atoms with Gasteiger partial charge in [0, 0.05) is 13.2 Å². The van der Waals surface area contributed by atoms with Crippen LogP contribution in [-0.4, -0.2) is 42.8 Å². The minimum Gasteiger partial charge on any atom is -0.465 e. The molecule has 0 spiro atoms. The smallest absolute Gasteiger partial charge is 0.410 e. The molecule has 0 heterocycles. The first-order valence-electron chi connectivity index (χ1n) is 13.6. The Hall–Kier alpha value is -3.64. The summed E-state index contributed by atoms with van der Waals surface area (Å²) in [4.78, 5) is 26.8. The summed E-state index contributed by atoms with van der Waals surface area (Å²) in [6, 6.07) is 27.6. The number of benzene rings is 3. The van der Waals surface area contributed by atoms with E-state index >= 15 is 0 Å². The Bertz CT molecular complexity index is 1140. The fourth-order valence-corrected chi connectivity index (χ4v) is 4.22. The number of aryl methyl sites for hydroxylation is 1. The molecular formula is C33H41NO5. The van der Waals surface area contributed by atoms with Crippen LogP contribution in [0.2, 0.25) is 0 Å². The number of carbonyl (C=O) groups excluding carboxylic acids is 2. The van der Waals surface area contributed by atoms with Crippen LogP contribution in [0.15, 0.2) is 84.9 Å². The van der Waals surface area contributed by atoms with Crippen molar-refractivity contribution >= 4 is 12.1 Å². The number of amides is 1. The molecule has 0 saturated carbocycles. The van der Waals surface area contributed by atoms with E-state index in [1.807, 2.05) is 69.3 Å². The number of hydrogen-bond acceptors (Lipinski definition) is 5. The van der Waals surface area contributed by atoms with Gasteiger partial charge in [0.1, 0.15) is 11.7 Å². The molecule has 6 nitrogen and oxygen atoms in total. The van der Waals surface area contributed by atoms with Gasteiger partial charge < -0.3 is 19.1 Å². The normalized spacial score (nSPS) is 12.0. The van der Waals surface area contributed by atoms with Crippen LogP contribution in [0.5, 0.6) is 0 Å². The molecule has 39 heavy (non-hydrogen) atoms. The zero-order valence-corrected chi connectivity index (χ0v) is 23.6. The highest BCUT2D eigenvalue weighted by Gasteiger charge is 2.26. The van der Waals surface area contributed by atoms with E-state index in [1.54, 1.807) is 17.0 Å². The maximum atomic E-state index is 13.3. The van der Waals surface area contributed by atoms with Gasteiger partial charge in [0.15, 0.2) is 0 Å². The van der Waals surface area contributed by atoms with E-state index < -0.39 is 17.7 Å². The van der Waals surface area contributed by atoms with Gasteiger partial charge in [-0.2, -0.15) is 0 Å². The minimum atomic E-state index is -0.633. The first-order chi connectivity index (χ1) is 18.7. The van der Waals surface area contributed by atoms with Gasteiger partial charge in [0.05, 0.1) is 19.2 Å². The maximum Gasteiger partial charge on any atom is 0.410 e. The molecule has 1 atom stereocenters. The topological polar surface area (TPSA) is 65.1 Å². The average molecular weight is 532 g/mol. The van der Waals surface area contributed by atoms with Crippen molar-refractivity contribution in [1.82, 2.24) is 4.90 Å². The predicted octanol–water partition coefficient (Wildman–Crippen LogP) is 7.38. The van der Waals surface area contributed by atoms with E-state index in [0.717, 1.165) is 36.8 Å². The van der Waals surface area contributed by atoms with Gasteiger partial charge in [-0.05, 0) is 68.9 Å². The van der Waals surface area contributed by atoms with Crippen LogP contribution in [0.25, 0.3) is 0 Å². The molecule has 0 aliphatic heterocycles. The second-order valence-corrected chi connectivity index (χ2v) is 10.6. The van der Waals surface area contributed by atoms with Crippen molar-refractivity contribution in [3.63, 3.8) is 0 Å². The average Bonchev–Trinajstić information content (AvgIpc) is 2.93. The van der Waals surface area contributed by atoms with Gasteiger partial charge in [-0.1, -0.05) is 79.2 Å². The van der Waals surface area contributed by atoms with Crippen molar-refractivity contribution in [2.75, 3.05) is 20.3 Å². The molecular weight excluding hydrogens is 490 g/mol. The summed E-state index contributed by atoms with van der Waals surface area (Å²) < 4.78 is 16.9. The van der Waals surface area contributed by atoms with Crippen molar-refractivity contribution in [2.24, 2.45) is 0 Å². The molecule has 0 aromatic heterocycles. The van der Waals surface area contributed by atoms with Crippen LogP contribution in [0.4, 0.5) is 4.79 Å². The molecule has 3 aromatic carbocycles. The second kappa shape index (κ2) is 15.1. The summed E-state index contributed by atoms with van der Waals surface area (Å²) in [6.45, 7) is 6.82. The monoisotopic (exact) mass is 531 g/mol. The maximum absolute atomic E-state index is 13.3. The highest BCUT2D eigenvalue weighted by Crippen LogP contribution is 2.23. The van der Waals surface area contributed by atoms with E-state index in [-0.39, 0.29) is 6.10 Å². The predicted molar refractivity (Wildman–Crippen MR) is 154 cm³/mol. The second-order valence-electron chi connectivity index (χ2n) is 10.6. The van der Waals surface area contributed by atoms with Gasteiger partial charge in [-0.15, -0.1) is 0 Å². The number of rotatable bonds is 13. The lowest BCUT2D eigenvalue weighted by Crippen LogP contribution is -2.39. The number of methoxy groups -OCH3 is 1. The lowest BCUT2D eigenvalue weighted by atomic mass is 10.1. The van der Waals surface area contributed by atoms with E-state index in [0.29, 0.717) is 25.3 Å². The minimum absolute atomic E-state index is 0.304. The number of nitrogens with zero attached hydrogens (tertiary/aromatic N) is 1. The Kier molecular flexibility index (Phi) is 11.6. The number of carbonyl (C=O) groups is 2. The molecule has 0 aliphatic rings. The van der Waals surface area contributed by atoms with Gasteiger partial charge in [0.2, 0.25) is 0 Å². The number of esters is 1. The molecule has 1 amide bonds. The van der Waals surface area contributed by atoms with Gasteiger partial charge in [0.25, 0.3) is 0 Å². The first kappa shape index (κ1) is 29.9. The molecule has 0 fully saturated rings. The van der Waals surface area contributed by atoms with Crippen molar-refractivity contribution in [2.45, 2.75) is 64.7 Å². The first-order valence-corrected chi connectivity index (χ1v) is 13.6. The van der Waals surface area contributed by atoms with Crippen molar-refractivity contribution in [1.29, 1.82) is 0 Å². The van der Waals surface area contributed by atoms with Crippen molar-refractivity contribution in [3.05, 3.63) is 107 Å². The number of unbranched alkanes of at least 4 members (excludes halogenated alkanes) is 2. The highest BCUT2D eigenvalue weighted by atomic mass is 16.6. The number of ether oxygens (including phenoxy) is 3. The van der Waals surface area contributed by atoms with E-state index in [4.69, 9.17) is 14.2 Å². The molecule has 3 rings (SSSR count). The zero-order valence-electron chi connectivity index (χ0n) is 23.6. The summed E-state index contributed by atoms with van der Waals surface area (Å²) in [5, 5.41) is 0. The summed E-state index contributed by atoms with van der Waals surface area (Å²) in [6.07, 6.45) is 3.46. The highest BCUT2D eigenvalue weighted by molar-refractivity contribution is 5.89. The Morgan fingerprint density at radius 1 is 0.795 bits per heavy atom. The summed E-state index contributed by atoms with van der Waals surface area (Å²) >= 11 is 0. The molecule has 1 unspecified atom stereocenters. The van der Waals surface area contributed by atoms with E-state index in [2.05, 4.69) is 24.3 Å². The summed E-state index contributed by atoms with van der Waals surface area (Å²) in [5.74, 6) is -0.396. The molecule has 0 N–H and O–H groups in total. The molecule has 0 aliphatic carbocycles. The van der Waals surface area contributed by atoms with Crippen LogP contribution >= 0.6 is 0 Å². The van der Waals surface area contributed by atoms with E-state index in [1.165, 1.54) is 12.7 Å². The Morgan fingerprint density at radius 3 is 2.05 bits per heavy atom. The molecule has 208 valence electrons. The summed E-state index contributed by atoms with van der Waals surface area (Å²) in [7, 11) is 1.35. The number of hydrogen-bond donors (Lipinski definition) is 0. The Labute approximate surface area is 232 Å².